The second-order valence-corrected chi connectivity index (χ2v) is 3.08. The van der Waals surface area contributed by atoms with E-state index in [-0.39, 0.29) is 0 Å². The first kappa shape index (κ1) is 11.7. The Hall–Kier alpha value is -0.0600. The molecule has 0 spiro atoms. The Bertz CT molecular complexity index is 149. The van der Waals surface area contributed by atoms with Crippen LogP contribution in [0.4, 0.5) is 0 Å². The van der Waals surface area contributed by atoms with Gasteiger partial charge in [0.2, 0.25) is 0 Å². The van der Waals surface area contributed by atoms with Crippen LogP contribution in [0.2, 0.25) is 0 Å². The van der Waals surface area contributed by atoms with Gasteiger partial charge in [0.1, 0.15) is 0 Å². The van der Waals surface area contributed by atoms with Crippen molar-refractivity contribution in [2.45, 2.75) is 0 Å². The first-order valence-electron chi connectivity index (χ1n) is 1.94. The van der Waals surface area contributed by atoms with Gasteiger partial charge < -0.3 is 0 Å². The molecule has 0 aliphatic heterocycles. The molecule has 0 N–H and O–H groups in total. The van der Waals surface area contributed by atoms with Crippen LogP contribution in [0.1, 0.15) is 0 Å². The molecule has 0 aliphatic rings. The molecular weight excluding hydrogens is 164 g/mol. The van der Waals surface area contributed by atoms with Crippen LogP contribution < -0.4 is 0 Å². The van der Waals surface area contributed by atoms with Gasteiger partial charge in [-0.15, -0.1) is 0 Å². The quantitative estimate of drug-likeness (QED) is 0.554. The summed E-state index contributed by atoms with van der Waals surface area (Å²) >= 11 is 4.76. The van der Waals surface area contributed by atoms with Crippen molar-refractivity contribution in [3.63, 3.8) is 0 Å². The standard InChI is InChI=1S/C2H3Cl.C2H6O3S/c1-2-3;1-5-6(2,3)4/h2H,1H2;1-2H3. The van der Waals surface area contributed by atoms with E-state index in [1.165, 1.54) is 5.54 Å². The van der Waals surface area contributed by atoms with E-state index in [0.29, 0.717) is 0 Å². The van der Waals surface area contributed by atoms with E-state index in [0.717, 1.165) is 13.4 Å². The minimum absolute atomic E-state index is 0.993. The van der Waals surface area contributed by atoms with Crippen LogP contribution in [-0.4, -0.2) is 21.8 Å². The van der Waals surface area contributed by atoms with E-state index in [4.69, 9.17) is 11.6 Å². The van der Waals surface area contributed by atoms with Crippen LogP contribution in [0.5, 0.6) is 0 Å². The van der Waals surface area contributed by atoms with E-state index in [1.807, 2.05) is 0 Å². The van der Waals surface area contributed by atoms with Crippen molar-refractivity contribution in [3.8, 4) is 0 Å². The van der Waals surface area contributed by atoms with Gasteiger partial charge in [-0.2, -0.15) is 8.42 Å². The third-order valence-corrected chi connectivity index (χ3v) is 0.908. The lowest BCUT2D eigenvalue weighted by molar-refractivity contribution is 0.403. The zero-order valence-corrected chi connectivity index (χ0v) is 6.87. The molecule has 0 rings (SSSR count). The Labute approximate surface area is 60.4 Å². The highest BCUT2D eigenvalue weighted by molar-refractivity contribution is 7.85. The predicted octanol–water partition coefficient (Wildman–Crippen LogP) is 0.961. The van der Waals surface area contributed by atoms with Crippen molar-refractivity contribution in [3.05, 3.63) is 12.1 Å². The van der Waals surface area contributed by atoms with Crippen molar-refractivity contribution >= 4 is 21.7 Å². The van der Waals surface area contributed by atoms with Crippen LogP contribution in [0.3, 0.4) is 0 Å². The molecule has 9 heavy (non-hydrogen) atoms. The number of hydrogen-bond donors (Lipinski definition) is 0. The number of rotatable bonds is 1. The van der Waals surface area contributed by atoms with Gasteiger partial charge in [-0.25, -0.2) is 0 Å². The Balaban J connectivity index is 0. The molecule has 0 saturated heterocycles. The number of halogens is 1. The average Bonchev–Trinajstić information content (AvgIpc) is 1.67. The fraction of sp³-hybridized carbons (Fsp3) is 0.500. The normalized spacial score (nSPS) is 9.22. The van der Waals surface area contributed by atoms with Gasteiger partial charge in [0.25, 0.3) is 10.1 Å². The highest BCUT2D eigenvalue weighted by Crippen LogP contribution is 1.75. The molecule has 0 bridgehead atoms. The Morgan fingerprint density at radius 2 is 1.78 bits per heavy atom. The van der Waals surface area contributed by atoms with E-state index in [9.17, 15) is 8.42 Å². The molecule has 3 nitrogen and oxygen atoms in total. The summed E-state index contributed by atoms with van der Waals surface area (Å²) in [5, 5.41) is 0. The van der Waals surface area contributed by atoms with Crippen molar-refractivity contribution < 1.29 is 12.6 Å². The topological polar surface area (TPSA) is 43.4 Å². The Morgan fingerprint density at radius 3 is 1.78 bits per heavy atom. The van der Waals surface area contributed by atoms with Gasteiger partial charge in [-0.3, -0.25) is 4.18 Å². The smallest absolute Gasteiger partial charge is 0.264 e. The molecule has 0 aromatic heterocycles. The zero-order chi connectivity index (χ0) is 7.91. The largest absolute Gasteiger partial charge is 0.274 e. The lowest BCUT2D eigenvalue weighted by Gasteiger charge is -1.84. The fourth-order valence-electron chi connectivity index (χ4n) is 0. The summed E-state index contributed by atoms with van der Waals surface area (Å²) in [5.41, 5.74) is 1.22. The summed E-state index contributed by atoms with van der Waals surface area (Å²) < 4.78 is 23.5. The van der Waals surface area contributed by atoms with E-state index in [1.54, 1.807) is 0 Å². The van der Waals surface area contributed by atoms with Crippen LogP contribution in [-0.2, 0) is 14.3 Å². The molecular formula is C4H9ClO3S. The van der Waals surface area contributed by atoms with Gasteiger partial charge in [-0.05, 0) is 5.54 Å². The maximum Gasteiger partial charge on any atom is 0.264 e. The van der Waals surface area contributed by atoms with Gasteiger partial charge in [0.05, 0.1) is 13.4 Å². The lowest BCUT2D eigenvalue weighted by Crippen LogP contribution is -1.95. The van der Waals surface area contributed by atoms with Gasteiger partial charge in [-0.1, -0.05) is 18.2 Å². The van der Waals surface area contributed by atoms with Crippen molar-refractivity contribution in [2.24, 2.45) is 0 Å². The summed E-state index contributed by atoms with van der Waals surface area (Å²) in [7, 11) is -2.04. The maximum absolute atomic E-state index is 9.78. The summed E-state index contributed by atoms with van der Waals surface area (Å²) in [5.74, 6) is 0. The van der Waals surface area contributed by atoms with E-state index in [2.05, 4.69) is 10.8 Å². The molecule has 0 heterocycles. The summed E-state index contributed by atoms with van der Waals surface area (Å²) in [6.45, 7) is 3.13. The zero-order valence-electron chi connectivity index (χ0n) is 5.30. The summed E-state index contributed by atoms with van der Waals surface area (Å²) in [6.07, 6.45) is 0.993. The maximum atomic E-state index is 9.78. The van der Waals surface area contributed by atoms with Crippen molar-refractivity contribution in [1.29, 1.82) is 0 Å². The SMILES string of the molecule is C=CCl.COS(C)(=O)=O. The molecule has 5 heteroatoms. The minimum Gasteiger partial charge on any atom is -0.274 e. The molecule has 0 aliphatic carbocycles. The van der Waals surface area contributed by atoms with Crippen molar-refractivity contribution in [1.82, 2.24) is 0 Å². The minimum atomic E-state index is -3.16. The first-order chi connectivity index (χ1) is 3.97. The second kappa shape index (κ2) is 6.07. The van der Waals surface area contributed by atoms with Crippen LogP contribution in [0, 0.1) is 0 Å². The van der Waals surface area contributed by atoms with Gasteiger partial charge in [0.15, 0.2) is 0 Å². The molecule has 0 aromatic carbocycles. The fourth-order valence-corrected chi connectivity index (χ4v) is 0. The van der Waals surface area contributed by atoms with Gasteiger partial charge in [0, 0.05) is 0 Å². The lowest BCUT2D eigenvalue weighted by atomic mass is 11.3. The first-order valence-corrected chi connectivity index (χ1v) is 4.20. The molecule has 0 atom stereocenters. The van der Waals surface area contributed by atoms with Crippen molar-refractivity contribution in [2.75, 3.05) is 13.4 Å². The van der Waals surface area contributed by atoms with Crippen LogP contribution in [0.15, 0.2) is 12.1 Å². The van der Waals surface area contributed by atoms with Crippen LogP contribution >= 0.6 is 11.6 Å². The predicted molar refractivity (Wildman–Crippen MR) is 37.9 cm³/mol. The summed E-state index contributed by atoms with van der Waals surface area (Å²) in [4.78, 5) is 0. The monoisotopic (exact) mass is 172 g/mol. The molecule has 0 aromatic rings. The summed E-state index contributed by atoms with van der Waals surface area (Å²) in [6, 6.07) is 0. The van der Waals surface area contributed by atoms with Gasteiger partial charge >= 0.3 is 0 Å². The third-order valence-electron chi connectivity index (χ3n) is 0.303. The average molecular weight is 173 g/mol. The highest BCUT2D eigenvalue weighted by atomic mass is 35.5. The molecule has 0 amide bonds. The molecule has 0 fully saturated rings. The molecule has 56 valence electrons. The van der Waals surface area contributed by atoms with Crippen LogP contribution in [0.25, 0.3) is 0 Å². The molecule has 0 unspecified atom stereocenters. The molecule has 0 radical (unpaired) electrons. The van der Waals surface area contributed by atoms with E-state index >= 15 is 0 Å². The second-order valence-electron chi connectivity index (χ2n) is 1.03. The number of hydrogen-bond acceptors (Lipinski definition) is 3. The third kappa shape index (κ3) is 32.4. The van der Waals surface area contributed by atoms with E-state index < -0.39 is 10.1 Å². The molecule has 0 saturated carbocycles. The Kier molecular flexibility index (Phi) is 7.89. The highest BCUT2D eigenvalue weighted by Gasteiger charge is 1.90. The Morgan fingerprint density at radius 1 is 1.67 bits per heavy atom.